The third-order valence-electron chi connectivity index (χ3n) is 3.86. The van der Waals surface area contributed by atoms with Crippen LogP contribution < -0.4 is 10.1 Å². The number of nitrogens with zero attached hydrogens (tertiary/aromatic N) is 1. The van der Waals surface area contributed by atoms with Crippen LogP contribution in [0, 0.1) is 5.41 Å². The van der Waals surface area contributed by atoms with E-state index in [1.54, 1.807) is 12.0 Å². The topological polar surface area (TPSA) is 65.4 Å². The molecule has 1 fully saturated rings. The molecule has 2 aromatic carbocycles. The van der Waals surface area contributed by atoms with E-state index >= 15 is 0 Å². The number of benzene rings is 2. The fraction of sp³-hybridized carbons (Fsp3) is 0.250. The van der Waals surface area contributed by atoms with E-state index in [2.05, 4.69) is 5.32 Å². The van der Waals surface area contributed by atoms with E-state index in [0.717, 1.165) is 22.1 Å². The highest BCUT2D eigenvalue weighted by atomic mass is 16.5. The molecule has 0 saturated carbocycles. The van der Waals surface area contributed by atoms with Crippen LogP contribution >= 0.6 is 0 Å². The van der Waals surface area contributed by atoms with E-state index in [1.165, 1.54) is 0 Å². The van der Waals surface area contributed by atoms with Crippen molar-refractivity contribution >= 4 is 22.6 Å². The Morgan fingerprint density at radius 1 is 1.24 bits per heavy atom. The van der Waals surface area contributed by atoms with Crippen LogP contribution in [0.4, 0.5) is 4.79 Å². The smallest absolute Gasteiger partial charge is 0.323 e. The highest BCUT2D eigenvalue weighted by Gasteiger charge is 2.36. The van der Waals surface area contributed by atoms with Crippen molar-refractivity contribution in [2.75, 3.05) is 13.7 Å². The van der Waals surface area contributed by atoms with Crippen molar-refractivity contribution in [2.24, 2.45) is 0 Å². The van der Waals surface area contributed by atoms with Gasteiger partial charge in [-0.25, -0.2) is 4.79 Å². The Kier molecular flexibility index (Phi) is 3.25. The van der Waals surface area contributed by atoms with Gasteiger partial charge in [0.25, 0.3) is 0 Å². The molecule has 2 aromatic rings. The molecule has 1 aliphatic rings. The summed E-state index contributed by atoms with van der Waals surface area (Å²) in [5.74, 6) is 1.01. The van der Waals surface area contributed by atoms with Crippen molar-refractivity contribution in [2.45, 2.75) is 13.0 Å². The minimum absolute atomic E-state index is 0.215. The third-order valence-corrected chi connectivity index (χ3v) is 3.86. The van der Waals surface area contributed by atoms with Crippen molar-refractivity contribution in [3.8, 4) is 5.75 Å². The summed E-state index contributed by atoms with van der Waals surface area (Å²) < 4.78 is 5.40. The second kappa shape index (κ2) is 5.09. The van der Waals surface area contributed by atoms with Gasteiger partial charge in [-0.05, 0) is 23.9 Å². The van der Waals surface area contributed by atoms with E-state index in [4.69, 9.17) is 10.1 Å². The first kappa shape index (κ1) is 13.4. The predicted molar refractivity (Wildman–Crippen MR) is 81.9 cm³/mol. The summed E-state index contributed by atoms with van der Waals surface area (Å²) in [4.78, 5) is 13.6. The summed E-state index contributed by atoms with van der Waals surface area (Å²) >= 11 is 0. The van der Waals surface area contributed by atoms with Gasteiger partial charge in [0.15, 0.2) is 0 Å². The SMILES string of the molecule is CCN1C(=O)NC(=N)C1c1ccc(OC)c2ccccc12. The van der Waals surface area contributed by atoms with Crippen LogP contribution in [-0.2, 0) is 0 Å². The van der Waals surface area contributed by atoms with Crippen LogP contribution in [0.3, 0.4) is 0 Å². The molecule has 5 heteroatoms. The molecule has 1 saturated heterocycles. The van der Waals surface area contributed by atoms with E-state index in [9.17, 15) is 4.79 Å². The third kappa shape index (κ3) is 2.01. The number of carbonyl (C=O) groups is 1. The normalized spacial score (nSPS) is 18.2. The number of carbonyl (C=O) groups excluding carboxylic acids is 1. The number of amides is 2. The van der Waals surface area contributed by atoms with Gasteiger partial charge in [0, 0.05) is 11.9 Å². The zero-order valence-electron chi connectivity index (χ0n) is 12.0. The average molecular weight is 283 g/mol. The van der Waals surface area contributed by atoms with Crippen molar-refractivity contribution in [1.82, 2.24) is 10.2 Å². The van der Waals surface area contributed by atoms with Gasteiger partial charge >= 0.3 is 6.03 Å². The fourth-order valence-electron chi connectivity index (χ4n) is 2.89. The molecular weight excluding hydrogens is 266 g/mol. The Bertz CT molecular complexity index is 727. The molecule has 1 aliphatic heterocycles. The minimum atomic E-state index is -0.363. The Morgan fingerprint density at radius 3 is 2.62 bits per heavy atom. The maximum atomic E-state index is 11.9. The first-order valence-corrected chi connectivity index (χ1v) is 6.89. The Hall–Kier alpha value is -2.56. The Labute approximate surface area is 123 Å². The number of methoxy groups -OCH3 is 1. The first-order chi connectivity index (χ1) is 10.2. The number of urea groups is 1. The summed E-state index contributed by atoms with van der Waals surface area (Å²) in [7, 11) is 1.64. The summed E-state index contributed by atoms with van der Waals surface area (Å²) in [6.45, 7) is 2.47. The summed E-state index contributed by atoms with van der Waals surface area (Å²) in [5.41, 5.74) is 0.941. The van der Waals surface area contributed by atoms with Crippen LogP contribution in [-0.4, -0.2) is 30.4 Å². The molecule has 1 heterocycles. The summed E-state index contributed by atoms with van der Waals surface area (Å²) in [5, 5.41) is 12.7. The number of fused-ring (bicyclic) bond motifs is 1. The van der Waals surface area contributed by atoms with Crippen LogP contribution in [0.5, 0.6) is 5.75 Å². The lowest BCUT2D eigenvalue weighted by molar-refractivity contribution is 0.209. The summed E-state index contributed by atoms with van der Waals surface area (Å²) in [6.07, 6.45) is 0. The van der Waals surface area contributed by atoms with Gasteiger partial charge < -0.3 is 9.64 Å². The average Bonchev–Trinajstić information content (AvgIpc) is 2.79. The Balaban J connectivity index is 2.21. The predicted octanol–water partition coefficient (Wildman–Crippen LogP) is 2.91. The zero-order valence-corrected chi connectivity index (χ0v) is 12.0. The molecule has 0 spiro atoms. The maximum Gasteiger partial charge on any atom is 0.323 e. The van der Waals surface area contributed by atoms with E-state index in [1.807, 2.05) is 43.3 Å². The molecule has 21 heavy (non-hydrogen) atoms. The Morgan fingerprint density at radius 2 is 1.95 bits per heavy atom. The lowest BCUT2D eigenvalue weighted by Gasteiger charge is -2.23. The quantitative estimate of drug-likeness (QED) is 0.909. The van der Waals surface area contributed by atoms with Crippen molar-refractivity contribution in [1.29, 1.82) is 5.41 Å². The van der Waals surface area contributed by atoms with Crippen LogP contribution in [0.1, 0.15) is 18.5 Å². The van der Waals surface area contributed by atoms with Gasteiger partial charge in [0.05, 0.1) is 7.11 Å². The number of rotatable bonds is 3. The lowest BCUT2D eigenvalue weighted by atomic mass is 9.97. The molecule has 0 radical (unpaired) electrons. The molecule has 0 aromatic heterocycles. The van der Waals surface area contributed by atoms with Crippen LogP contribution in [0.2, 0.25) is 0 Å². The van der Waals surface area contributed by atoms with Gasteiger partial charge in [-0.1, -0.05) is 30.3 Å². The van der Waals surface area contributed by atoms with Gasteiger partial charge in [0.1, 0.15) is 17.6 Å². The van der Waals surface area contributed by atoms with Crippen molar-refractivity contribution < 1.29 is 9.53 Å². The highest BCUT2D eigenvalue weighted by Crippen LogP contribution is 2.35. The molecule has 2 N–H and O–H groups in total. The zero-order chi connectivity index (χ0) is 15.0. The second-order valence-electron chi connectivity index (χ2n) is 4.94. The largest absolute Gasteiger partial charge is 0.496 e. The van der Waals surface area contributed by atoms with E-state index < -0.39 is 0 Å². The molecule has 1 unspecified atom stereocenters. The standard InChI is InChI=1S/C16H17N3O2/c1-3-19-14(15(17)18-16(19)20)12-8-9-13(21-2)11-7-5-4-6-10(11)12/h4-9,14H,3H2,1-2H3,(H2,17,18,20). The van der Waals surface area contributed by atoms with Gasteiger partial charge in [-0.2, -0.15) is 0 Å². The van der Waals surface area contributed by atoms with Gasteiger partial charge in [-0.3, -0.25) is 10.7 Å². The van der Waals surface area contributed by atoms with E-state index in [0.29, 0.717) is 6.54 Å². The highest BCUT2D eigenvalue weighted by molar-refractivity contribution is 6.08. The maximum absolute atomic E-state index is 11.9. The molecule has 0 bridgehead atoms. The fourth-order valence-corrected chi connectivity index (χ4v) is 2.89. The van der Waals surface area contributed by atoms with Crippen LogP contribution in [0.15, 0.2) is 36.4 Å². The molecule has 3 rings (SSSR count). The second-order valence-corrected chi connectivity index (χ2v) is 4.94. The monoisotopic (exact) mass is 283 g/mol. The van der Waals surface area contributed by atoms with Crippen molar-refractivity contribution in [3.63, 3.8) is 0 Å². The molecule has 2 amide bonds. The number of amidine groups is 1. The molecule has 0 aliphatic carbocycles. The first-order valence-electron chi connectivity index (χ1n) is 6.89. The molecule has 5 nitrogen and oxygen atoms in total. The van der Waals surface area contributed by atoms with Crippen molar-refractivity contribution in [3.05, 3.63) is 42.0 Å². The number of nitrogens with one attached hydrogen (secondary N) is 2. The van der Waals surface area contributed by atoms with Crippen LogP contribution in [0.25, 0.3) is 10.8 Å². The van der Waals surface area contributed by atoms with Gasteiger partial charge in [0.2, 0.25) is 0 Å². The number of ether oxygens (including phenoxy) is 1. The number of hydrogen-bond acceptors (Lipinski definition) is 3. The molecule has 1 atom stereocenters. The molecule has 108 valence electrons. The number of hydrogen-bond donors (Lipinski definition) is 2. The summed E-state index contributed by atoms with van der Waals surface area (Å²) in [6, 6.07) is 11.1. The van der Waals surface area contributed by atoms with E-state index in [-0.39, 0.29) is 17.9 Å². The lowest BCUT2D eigenvalue weighted by Crippen LogP contribution is -2.29. The minimum Gasteiger partial charge on any atom is -0.496 e. The number of likely N-dealkylation sites (N-methyl/N-ethyl adjacent to an activating group) is 1. The molecular formula is C16H17N3O2. The van der Waals surface area contributed by atoms with Gasteiger partial charge in [-0.15, -0.1) is 0 Å².